The zero-order valence-electron chi connectivity index (χ0n) is 15.2. The fourth-order valence-electron chi connectivity index (χ4n) is 3.22. The first-order valence-electron chi connectivity index (χ1n) is 9.13. The van der Waals surface area contributed by atoms with Crippen LogP contribution in [0.15, 0.2) is 42.6 Å². The fraction of sp³-hybridized carbons (Fsp3) is 0.350. The number of nitrogens with zero attached hydrogens (tertiary/aromatic N) is 2. The van der Waals surface area contributed by atoms with E-state index >= 15 is 0 Å². The Morgan fingerprint density at radius 1 is 1.30 bits per heavy atom. The lowest BCUT2D eigenvalue weighted by Crippen LogP contribution is -2.41. The number of benzene rings is 1. The van der Waals surface area contributed by atoms with Gasteiger partial charge in [-0.25, -0.2) is 4.98 Å². The number of nitrogens with one attached hydrogen (secondary N) is 2. The minimum Gasteiger partial charge on any atom is -0.356 e. The van der Waals surface area contributed by atoms with Crippen LogP contribution >= 0.6 is 11.6 Å². The molecule has 2 amide bonds. The molecule has 2 heterocycles. The molecule has 1 saturated heterocycles. The molecule has 1 atom stereocenters. The Hall–Kier alpha value is -2.60. The number of hydrogen-bond acceptors (Lipinski definition) is 4. The van der Waals surface area contributed by atoms with Gasteiger partial charge in [0.05, 0.1) is 16.5 Å². The van der Waals surface area contributed by atoms with Crippen LogP contribution in [-0.2, 0) is 4.79 Å². The second kappa shape index (κ2) is 8.86. The molecule has 1 fully saturated rings. The van der Waals surface area contributed by atoms with Crippen molar-refractivity contribution in [1.82, 2.24) is 10.3 Å². The van der Waals surface area contributed by atoms with E-state index in [1.165, 1.54) is 0 Å². The summed E-state index contributed by atoms with van der Waals surface area (Å²) in [6.45, 7) is 3.91. The summed E-state index contributed by atoms with van der Waals surface area (Å²) in [6.07, 6.45) is 3.53. The number of rotatable bonds is 5. The summed E-state index contributed by atoms with van der Waals surface area (Å²) in [5, 5.41) is 5.95. The van der Waals surface area contributed by atoms with Crippen molar-refractivity contribution in [3.63, 3.8) is 0 Å². The third-order valence-corrected chi connectivity index (χ3v) is 4.90. The zero-order valence-corrected chi connectivity index (χ0v) is 16.0. The van der Waals surface area contributed by atoms with Gasteiger partial charge < -0.3 is 15.5 Å². The quantitative estimate of drug-likeness (QED) is 0.826. The van der Waals surface area contributed by atoms with Crippen LogP contribution in [0.1, 0.15) is 30.1 Å². The van der Waals surface area contributed by atoms with Crippen molar-refractivity contribution < 1.29 is 9.59 Å². The molecule has 1 aromatic heterocycles. The first-order chi connectivity index (χ1) is 13.1. The van der Waals surface area contributed by atoms with Crippen molar-refractivity contribution in [2.24, 2.45) is 5.92 Å². The average Bonchev–Trinajstić information content (AvgIpc) is 2.69. The van der Waals surface area contributed by atoms with E-state index in [2.05, 4.69) is 20.5 Å². The molecule has 3 rings (SSSR count). The van der Waals surface area contributed by atoms with Gasteiger partial charge in [0.1, 0.15) is 5.82 Å². The van der Waals surface area contributed by atoms with Gasteiger partial charge in [-0.1, -0.05) is 17.7 Å². The highest BCUT2D eigenvalue weighted by atomic mass is 35.5. The molecule has 0 spiro atoms. The van der Waals surface area contributed by atoms with E-state index in [1.807, 2.05) is 25.1 Å². The molecule has 142 valence electrons. The van der Waals surface area contributed by atoms with Crippen LogP contribution in [0.5, 0.6) is 0 Å². The summed E-state index contributed by atoms with van der Waals surface area (Å²) in [6, 6.07) is 10.7. The molecular formula is C20H23ClN4O2. The lowest BCUT2D eigenvalue weighted by molar-refractivity contribution is -0.120. The zero-order chi connectivity index (χ0) is 19.2. The van der Waals surface area contributed by atoms with Gasteiger partial charge in [0, 0.05) is 31.5 Å². The smallest absolute Gasteiger partial charge is 0.252 e. The third-order valence-electron chi connectivity index (χ3n) is 4.58. The Balaban J connectivity index is 1.64. The highest BCUT2D eigenvalue weighted by Crippen LogP contribution is 2.25. The van der Waals surface area contributed by atoms with Crippen LogP contribution < -0.4 is 15.5 Å². The molecule has 2 N–H and O–H groups in total. The fourth-order valence-corrected chi connectivity index (χ4v) is 3.48. The van der Waals surface area contributed by atoms with Gasteiger partial charge in [0.2, 0.25) is 5.91 Å². The minimum absolute atomic E-state index is 0.0440. The van der Waals surface area contributed by atoms with E-state index in [9.17, 15) is 9.59 Å². The first-order valence-corrected chi connectivity index (χ1v) is 9.51. The largest absolute Gasteiger partial charge is 0.356 e. The predicted octanol–water partition coefficient (Wildman–Crippen LogP) is 3.34. The maximum atomic E-state index is 12.7. The molecule has 27 heavy (non-hydrogen) atoms. The summed E-state index contributed by atoms with van der Waals surface area (Å²) in [7, 11) is 0. The maximum Gasteiger partial charge on any atom is 0.252 e. The second-order valence-corrected chi connectivity index (χ2v) is 6.92. The van der Waals surface area contributed by atoms with Gasteiger partial charge in [-0.15, -0.1) is 0 Å². The van der Waals surface area contributed by atoms with Crippen molar-refractivity contribution in [2.75, 3.05) is 29.9 Å². The molecule has 1 aliphatic heterocycles. The van der Waals surface area contributed by atoms with E-state index in [1.54, 1.807) is 24.4 Å². The third kappa shape index (κ3) is 4.77. The molecule has 1 aromatic carbocycles. The number of piperidine rings is 1. The Morgan fingerprint density at radius 2 is 2.15 bits per heavy atom. The monoisotopic (exact) mass is 386 g/mol. The summed E-state index contributed by atoms with van der Waals surface area (Å²) in [4.78, 5) is 31.1. The van der Waals surface area contributed by atoms with Crippen molar-refractivity contribution in [3.8, 4) is 0 Å². The van der Waals surface area contributed by atoms with Gasteiger partial charge in [-0.2, -0.15) is 0 Å². The van der Waals surface area contributed by atoms with Gasteiger partial charge in [0.15, 0.2) is 0 Å². The highest BCUT2D eigenvalue weighted by Gasteiger charge is 2.26. The number of carbonyl (C=O) groups excluding carboxylic acids is 2. The Morgan fingerprint density at radius 3 is 2.85 bits per heavy atom. The van der Waals surface area contributed by atoms with Gasteiger partial charge in [0.25, 0.3) is 5.91 Å². The number of carbonyl (C=O) groups is 2. The predicted molar refractivity (Wildman–Crippen MR) is 107 cm³/mol. The number of pyridine rings is 1. The van der Waals surface area contributed by atoms with E-state index in [-0.39, 0.29) is 17.7 Å². The highest BCUT2D eigenvalue weighted by molar-refractivity contribution is 6.34. The van der Waals surface area contributed by atoms with E-state index in [0.717, 1.165) is 25.2 Å². The van der Waals surface area contributed by atoms with Gasteiger partial charge in [-0.3, -0.25) is 9.59 Å². The summed E-state index contributed by atoms with van der Waals surface area (Å²) in [5.41, 5.74) is 0.989. The lowest BCUT2D eigenvalue weighted by Gasteiger charge is -2.32. The van der Waals surface area contributed by atoms with E-state index < -0.39 is 0 Å². The van der Waals surface area contributed by atoms with Crippen molar-refractivity contribution in [1.29, 1.82) is 0 Å². The average molecular weight is 387 g/mol. The maximum absolute atomic E-state index is 12.7. The molecule has 0 radical (unpaired) electrons. The lowest BCUT2D eigenvalue weighted by atomic mass is 9.97. The number of anilines is 2. The molecule has 7 heteroatoms. The van der Waals surface area contributed by atoms with Crippen LogP contribution in [0.2, 0.25) is 5.02 Å². The normalized spacial score (nSPS) is 16.7. The number of halogens is 1. The Kier molecular flexibility index (Phi) is 6.29. The molecular weight excluding hydrogens is 364 g/mol. The molecule has 0 aliphatic carbocycles. The Labute approximate surface area is 163 Å². The van der Waals surface area contributed by atoms with E-state index in [4.69, 9.17) is 11.6 Å². The molecule has 1 unspecified atom stereocenters. The number of amides is 2. The van der Waals surface area contributed by atoms with Crippen LogP contribution in [0, 0.1) is 5.92 Å². The minimum atomic E-state index is -0.223. The van der Waals surface area contributed by atoms with Crippen LogP contribution in [0.3, 0.4) is 0 Å². The van der Waals surface area contributed by atoms with Crippen molar-refractivity contribution >= 4 is 34.9 Å². The first kappa shape index (κ1) is 19.2. The number of aromatic nitrogens is 1. The molecule has 2 aromatic rings. The van der Waals surface area contributed by atoms with Gasteiger partial charge >= 0.3 is 0 Å². The molecule has 1 aliphatic rings. The molecule has 6 nitrogen and oxygen atoms in total. The van der Waals surface area contributed by atoms with Crippen molar-refractivity contribution in [2.45, 2.75) is 19.8 Å². The number of hydrogen-bond donors (Lipinski definition) is 2. The van der Waals surface area contributed by atoms with Gasteiger partial charge in [-0.05, 0) is 50.1 Å². The Bertz CT molecular complexity index is 813. The summed E-state index contributed by atoms with van der Waals surface area (Å²) in [5.74, 6) is 0.503. The second-order valence-electron chi connectivity index (χ2n) is 6.52. The summed E-state index contributed by atoms with van der Waals surface area (Å²) >= 11 is 6.20. The summed E-state index contributed by atoms with van der Waals surface area (Å²) < 4.78 is 0. The van der Waals surface area contributed by atoms with Crippen LogP contribution in [0.4, 0.5) is 11.5 Å². The van der Waals surface area contributed by atoms with Crippen LogP contribution in [0.25, 0.3) is 0 Å². The molecule has 0 bridgehead atoms. The molecule has 0 saturated carbocycles. The van der Waals surface area contributed by atoms with Crippen molar-refractivity contribution in [3.05, 3.63) is 53.2 Å². The SMILES string of the molecule is CCNC(=O)c1ccc(NC(=O)C2CCCN(c3ccccn3)C2)cc1Cl. The topological polar surface area (TPSA) is 74.3 Å². The standard InChI is InChI=1S/C20H23ClN4O2/c1-2-22-20(27)16-9-8-15(12-17(16)21)24-19(26)14-6-5-11-25(13-14)18-7-3-4-10-23-18/h3-4,7-10,12,14H,2,5-6,11,13H2,1H3,(H,22,27)(H,24,26). The van der Waals surface area contributed by atoms with E-state index in [0.29, 0.717) is 29.4 Å². The van der Waals surface area contributed by atoms with Crippen LogP contribution in [-0.4, -0.2) is 36.4 Å².